The molecule has 4 aliphatic carbocycles. The van der Waals surface area contributed by atoms with Crippen LogP contribution in [0.2, 0.25) is 0 Å². The lowest BCUT2D eigenvalue weighted by Gasteiger charge is -2.31. The highest BCUT2D eigenvalue weighted by atomic mass is 16.3. The van der Waals surface area contributed by atoms with Crippen LogP contribution >= 0.6 is 0 Å². The second kappa shape index (κ2) is 11.3. The summed E-state index contributed by atoms with van der Waals surface area (Å²) in [6, 6.07) is 50.4. The van der Waals surface area contributed by atoms with Crippen LogP contribution in [0.4, 0.5) is 0 Å². The van der Waals surface area contributed by atoms with Gasteiger partial charge in [0, 0.05) is 48.8 Å². The third-order valence-electron chi connectivity index (χ3n) is 16.4. The van der Waals surface area contributed by atoms with Crippen molar-refractivity contribution in [3.63, 3.8) is 0 Å². The number of hydrogen-bond donors (Lipinski definition) is 0. The van der Waals surface area contributed by atoms with Crippen molar-refractivity contribution in [2.24, 2.45) is 0 Å². The van der Waals surface area contributed by atoms with Gasteiger partial charge in [-0.1, -0.05) is 159 Å². The first kappa shape index (κ1) is 35.9. The quantitative estimate of drug-likeness (QED) is 0.174. The van der Waals surface area contributed by atoms with Crippen molar-refractivity contribution in [2.45, 2.75) is 83.5 Å². The van der Waals surface area contributed by atoms with Gasteiger partial charge in [0.2, 0.25) is 0 Å². The van der Waals surface area contributed by atoms with Crippen molar-refractivity contribution in [3.05, 3.63) is 189 Å². The molecule has 10 aromatic rings. The van der Waals surface area contributed by atoms with Crippen molar-refractivity contribution in [1.29, 1.82) is 0 Å². The number of furan rings is 2. The van der Waals surface area contributed by atoms with Crippen molar-refractivity contribution in [1.82, 2.24) is 0 Å². The van der Waals surface area contributed by atoms with Gasteiger partial charge in [-0.25, -0.2) is 0 Å². The molecule has 0 unspecified atom stereocenters. The fraction of sp³-hybridized carbons (Fsp3) is 0.213. The van der Waals surface area contributed by atoms with Crippen molar-refractivity contribution < 1.29 is 8.83 Å². The SMILES string of the molecule is CC1(C)c2cc(Cc3ccc4c(c3)C(C)(C)c3c5c(c6c(oc7ccccc76)c3-4)-c3ccccc3C5(C)C)ccc2-c2cc3c(cc21)-c1c(ccc2oc4ccccc4c12)C3(C)C. The van der Waals surface area contributed by atoms with Crippen LogP contribution in [0.5, 0.6) is 0 Å². The lowest BCUT2D eigenvalue weighted by molar-refractivity contribution is 0.599. The lowest BCUT2D eigenvalue weighted by Crippen LogP contribution is -2.24. The van der Waals surface area contributed by atoms with Crippen molar-refractivity contribution in [2.75, 3.05) is 0 Å². The molecule has 0 amide bonds. The van der Waals surface area contributed by atoms with Gasteiger partial charge in [0.05, 0.1) is 0 Å². The van der Waals surface area contributed by atoms with Crippen LogP contribution in [-0.2, 0) is 28.1 Å². The zero-order chi connectivity index (χ0) is 42.7. The number of hydrogen-bond acceptors (Lipinski definition) is 2. The Morgan fingerprint density at radius 3 is 1.65 bits per heavy atom. The average Bonchev–Trinajstić information content (AvgIpc) is 4.06. The van der Waals surface area contributed by atoms with Crippen molar-refractivity contribution >= 4 is 43.9 Å². The Bertz CT molecular complexity index is 3760. The summed E-state index contributed by atoms with van der Waals surface area (Å²) in [5.41, 5.74) is 27.9. The summed E-state index contributed by atoms with van der Waals surface area (Å²) in [4.78, 5) is 0. The molecule has 304 valence electrons. The van der Waals surface area contributed by atoms with E-state index in [0.29, 0.717) is 0 Å². The Morgan fingerprint density at radius 2 is 0.889 bits per heavy atom. The van der Waals surface area contributed by atoms with E-state index in [1.165, 1.54) is 122 Å². The molecule has 4 aliphatic rings. The fourth-order valence-electron chi connectivity index (χ4n) is 13.3. The first-order valence-corrected chi connectivity index (χ1v) is 22.8. The molecule has 63 heavy (non-hydrogen) atoms. The van der Waals surface area contributed by atoms with E-state index < -0.39 is 0 Å². The molecule has 2 aromatic heterocycles. The summed E-state index contributed by atoms with van der Waals surface area (Å²) in [6.07, 6.45) is 0.872. The Morgan fingerprint density at radius 1 is 0.349 bits per heavy atom. The van der Waals surface area contributed by atoms with Crippen LogP contribution in [0.15, 0.2) is 142 Å². The molecule has 14 rings (SSSR count). The maximum atomic E-state index is 6.95. The minimum Gasteiger partial charge on any atom is -0.456 e. The minimum absolute atomic E-state index is 0.129. The van der Waals surface area contributed by atoms with E-state index in [1.54, 1.807) is 0 Å². The topological polar surface area (TPSA) is 26.3 Å². The minimum atomic E-state index is -0.222. The molecule has 8 aromatic carbocycles. The van der Waals surface area contributed by atoms with Crippen molar-refractivity contribution in [3.8, 4) is 44.5 Å². The fourth-order valence-corrected chi connectivity index (χ4v) is 13.3. The number of benzene rings is 8. The van der Waals surface area contributed by atoms with Gasteiger partial charge in [0.1, 0.15) is 22.3 Å². The molecule has 0 aliphatic heterocycles. The van der Waals surface area contributed by atoms with Gasteiger partial charge in [-0.3, -0.25) is 0 Å². The van der Waals surface area contributed by atoms with Crippen LogP contribution < -0.4 is 0 Å². The molecule has 0 radical (unpaired) electrons. The second-order valence-corrected chi connectivity index (χ2v) is 21.2. The zero-order valence-electron chi connectivity index (χ0n) is 37.2. The summed E-state index contributed by atoms with van der Waals surface area (Å²) in [6.45, 7) is 19.4. The Kier molecular flexibility index (Phi) is 6.44. The molecule has 0 saturated heterocycles. The Hall–Kier alpha value is -6.64. The zero-order valence-corrected chi connectivity index (χ0v) is 37.2. The number of rotatable bonds is 2. The molecule has 0 spiro atoms. The van der Waals surface area contributed by atoms with Gasteiger partial charge >= 0.3 is 0 Å². The van der Waals surface area contributed by atoms with E-state index in [2.05, 4.69) is 189 Å². The molecule has 0 atom stereocenters. The van der Waals surface area contributed by atoms with Gasteiger partial charge in [0.25, 0.3) is 0 Å². The third-order valence-corrected chi connectivity index (χ3v) is 16.4. The molecule has 0 bridgehead atoms. The molecule has 0 saturated carbocycles. The van der Waals surface area contributed by atoms with Gasteiger partial charge in [-0.2, -0.15) is 0 Å². The van der Waals surface area contributed by atoms with E-state index in [-0.39, 0.29) is 21.7 Å². The molecule has 2 heteroatoms. The molecular weight excluding hydrogens is 765 g/mol. The van der Waals surface area contributed by atoms with Gasteiger partial charge in [-0.15, -0.1) is 0 Å². The highest BCUT2D eigenvalue weighted by Gasteiger charge is 2.49. The van der Waals surface area contributed by atoms with Crippen LogP contribution in [0.3, 0.4) is 0 Å². The summed E-state index contributed by atoms with van der Waals surface area (Å²) >= 11 is 0. The van der Waals surface area contributed by atoms with Crippen LogP contribution in [0.25, 0.3) is 88.4 Å². The van der Waals surface area contributed by atoms with E-state index in [0.717, 1.165) is 28.8 Å². The average molecular weight is 813 g/mol. The molecule has 2 heterocycles. The molecule has 2 nitrogen and oxygen atoms in total. The highest BCUT2D eigenvalue weighted by molar-refractivity contribution is 6.21. The van der Waals surface area contributed by atoms with Crippen LogP contribution in [0.1, 0.15) is 111 Å². The monoisotopic (exact) mass is 812 g/mol. The molecule has 0 fully saturated rings. The van der Waals surface area contributed by atoms with E-state index in [1.807, 2.05) is 0 Å². The van der Waals surface area contributed by atoms with Gasteiger partial charge in [-0.05, 0) is 131 Å². The number of para-hydroxylation sites is 2. The maximum Gasteiger partial charge on any atom is 0.144 e. The maximum absolute atomic E-state index is 6.95. The smallest absolute Gasteiger partial charge is 0.144 e. The van der Waals surface area contributed by atoms with E-state index in [4.69, 9.17) is 8.83 Å². The third kappa shape index (κ3) is 4.22. The van der Waals surface area contributed by atoms with E-state index in [9.17, 15) is 0 Å². The Balaban J connectivity index is 0.881. The van der Waals surface area contributed by atoms with Crippen LogP contribution in [0, 0.1) is 0 Å². The highest BCUT2D eigenvalue weighted by Crippen LogP contribution is 2.64. The van der Waals surface area contributed by atoms with Gasteiger partial charge < -0.3 is 8.83 Å². The lowest BCUT2D eigenvalue weighted by atomic mass is 9.72. The largest absolute Gasteiger partial charge is 0.456 e. The molecule has 0 N–H and O–H groups in total. The van der Waals surface area contributed by atoms with E-state index >= 15 is 0 Å². The normalized spacial score (nSPS) is 17.1. The number of fused-ring (bicyclic) bond motifs is 22. The predicted octanol–water partition coefficient (Wildman–Crippen LogP) is 16.3. The summed E-state index contributed by atoms with van der Waals surface area (Å²) in [5.74, 6) is 0. The summed E-state index contributed by atoms with van der Waals surface area (Å²) < 4.78 is 13.4. The second-order valence-electron chi connectivity index (χ2n) is 21.2. The summed E-state index contributed by atoms with van der Waals surface area (Å²) in [5, 5.41) is 4.89. The molecular formula is C61H48O2. The first-order chi connectivity index (χ1) is 30.3. The summed E-state index contributed by atoms with van der Waals surface area (Å²) in [7, 11) is 0. The van der Waals surface area contributed by atoms with Gasteiger partial charge in [0.15, 0.2) is 0 Å². The predicted molar refractivity (Wildman–Crippen MR) is 261 cm³/mol. The van der Waals surface area contributed by atoms with Crippen LogP contribution in [-0.4, -0.2) is 0 Å². The Labute approximate surface area is 368 Å². The standard InChI is InChI=1S/C61H48O2/c1-58(2)42-25-26-49-51(37-16-10-13-19-47(37)62-49)50(42)40-31-45-39(30-46(40)58)34-23-21-32(28-43(34)59(45,3)4)27-33-22-24-36-44(29-33)61(7,8)56-54(36)57-53(38-17-11-14-20-48(38)63-57)52-35-15-9-12-18-41(35)60(5,6)55(52)56/h9-26,28-31H,27H2,1-8H3. The first-order valence-electron chi connectivity index (χ1n) is 22.8.